The highest BCUT2D eigenvalue weighted by molar-refractivity contribution is 6.30. The number of aryl methyl sites for hydroxylation is 1. The molecule has 5 heteroatoms. The molecular formula is C12H17ClN2O2. The number of hydrogen-bond donors (Lipinski definition) is 2. The maximum atomic E-state index is 11.7. The SMILES string of the molecule is Cc1cc(Cl)ccc1NC(=O)CN(C)CCO. The van der Waals surface area contributed by atoms with Crippen molar-refractivity contribution in [3.8, 4) is 0 Å². The van der Waals surface area contributed by atoms with Gasteiger partial charge < -0.3 is 10.4 Å². The lowest BCUT2D eigenvalue weighted by Crippen LogP contribution is -2.32. The second kappa shape index (κ2) is 6.59. The summed E-state index contributed by atoms with van der Waals surface area (Å²) in [5.41, 5.74) is 1.69. The summed E-state index contributed by atoms with van der Waals surface area (Å²) < 4.78 is 0. The minimum absolute atomic E-state index is 0.0454. The standard InChI is InChI=1S/C12H17ClN2O2/c1-9-7-10(13)3-4-11(9)14-12(17)8-15(2)5-6-16/h3-4,7,16H,5-6,8H2,1-2H3,(H,14,17). The first-order valence-corrected chi connectivity index (χ1v) is 5.76. The summed E-state index contributed by atoms with van der Waals surface area (Å²) in [6.07, 6.45) is 0. The van der Waals surface area contributed by atoms with Crippen molar-refractivity contribution in [3.05, 3.63) is 28.8 Å². The number of rotatable bonds is 5. The summed E-state index contributed by atoms with van der Waals surface area (Å²) in [5, 5.41) is 12.2. The lowest BCUT2D eigenvalue weighted by molar-refractivity contribution is -0.117. The molecule has 0 saturated heterocycles. The first-order chi connectivity index (χ1) is 8.02. The van der Waals surface area contributed by atoms with Crippen molar-refractivity contribution in [2.24, 2.45) is 0 Å². The molecule has 1 rings (SSSR count). The molecule has 1 aromatic rings. The Bertz CT molecular complexity index is 396. The Morgan fingerprint density at radius 2 is 2.24 bits per heavy atom. The highest BCUT2D eigenvalue weighted by atomic mass is 35.5. The zero-order valence-corrected chi connectivity index (χ0v) is 10.8. The molecule has 0 fully saturated rings. The van der Waals surface area contributed by atoms with E-state index in [4.69, 9.17) is 16.7 Å². The normalized spacial score (nSPS) is 10.6. The number of aliphatic hydroxyl groups excluding tert-OH is 1. The van der Waals surface area contributed by atoms with E-state index in [1.165, 1.54) is 0 Å². The van der Waals surface area contributed by atoms with Crippen LogP contribution in [0.4, 0.5) is 5.69 Å². The van der Waals surface area contributed by atoms with Crippen molar-refractivity contribution in [2.75, 3.05) is 32.1 Å². The van der Waals surface area contributed by atoms with Crippen molar-refractivity contribution in [2.45, 2.75) is 6.92 Å². The highest BCUT2D eigenvalue weighted by Crippen LogP contribution is 2.19. The predicted octanol–water partition coefficient (Wildman–Crippen LogP) is 1.51. The van der Waals surface area contributed by atoms with Crippen molar-refractivity contribution in [3.63, 3.8) is 0 Å². The van der Waals surface area contributed by atoms with Crippen LogP contribution in [0.1, 0.15) is 5.56 Å². The molecule has 17 heavy (non-hydrogen) atoms. The summed E-state index contributed by atoms with van der Waals surface area (Å²) >= 11 is 5.83. The van der Waals surface area contributed by atoms with Gasteiger partial charge in [0.15, 0.2) is 0 Å². The van der Waals surface area contributed by atoms with Gasteiger partial charge in [0.05, 0.1) is 13.2 Å². The fourth-order valence-corrected chi connectivity index (χ4v) is 1.68. The van der Waals surface area contributed by atoms with E-state index in [1.807, 2.05) is 6.92 Å². The zero-order chi connectivity index (χ0) is 12.8. The van der Waals surface area contributed by atoms with Crippen molar-refractivity contribution in [1.29, 1.82) is 0 Å². The Morgan fingerprint density at radius 3 is 2.82 bits per heavy atom. The van der Waals surface area contributed by atoms with Gasteiger partial charge in [-0.3, -0.25) is 9.69 Å². The van der Waals surface area contributed by atoms with Crippen molar-refractivity contribution < 1.29 is 9.90 Å². The second-order valence-corrected chi connectivity index (χ2v) is 4.41. The Labute approximate surface area is 106 Å². The number of amides is 1. The van der Waals surface area contributed by atoms with Crippen LogP contribution in [0.15, 0.2) is 18.2 Å². The number of nitrogens with zero attached hydrogens (tertiary/aromatic N) is 1. The number of hydrogen-bond acceptors (Lipinski definition) is 3. The number of aliphatic hydroxyl groups is 1. The maximum Gasteiger partial charge on any atom is 0.238 e. The van der Waals surface area contributed by atoms with Gasteiger partial charge in [-0.2, -0.15) is 0 Å². The largest absolute Gasteiger partial charge is 0.395 e. The third-order valence-electron chi connectivity index (χ3n) is 2.36. The van der Waals surface area contributed by atoms with Crippen LogP contribution in [-0.2, 0) is 4.79 Å². The van der Waals surface area contributed by atoms with E-state index in [1.54, 1.807) is 30.1 Å². The number of likely N-dealkylation sites (N-methyl/N-ethyl adjacent to an activating group) is 1. The maximum absolute atomic E-state index is 11.7. The van der Waals surface area contributed by atoms with Crippen LogP contribution in [-0.4, -0.2) is 42.7 Å². The van der Waals surface area contributed by atoms with Crippen LogP contribution in [0.5, 0.6) is 0 Å². The van der Waals surface area contributed by atoms with E-state index < -0.39 is 0 Å². The second-order valence-electron chi connectivity index (χ2n) is 3.97. The molecule has 0 atom stereocenters. The Balaban J connectivity index is 2.56. The molecule has 0 unspecified atom stereocenters. The number of carbonyl (C=O) groups is 1. The average molecular weight is 257 g/mol. The molecule has 0 bridgehead atoms. The van der Waals surface area contributed by atoms with Crippen LogP contribution < -0.4 is 5.32 Å². The number of anilines is 1. The van der Waals surface area contributed by atoms with Crippen molar-refractivity contribution >= 4 is 23.2 Å². The van der Waals surface area contributed by atoms with E-state index >= 15 is 0 Å². The quantitative estimate of drug-likeness (QED) is 0.840. The van der Waals surface area contributed by atoms with Gasteiger partial charge in [0.1, 0.15) is 0 Å². The smallest absolute Gasteiger partial charge is 0.238 e. The van der Waals surface area contributed by atoms with Crippen LogP contribution in [0, 0.1) is 6.92 Å². The van der Waals surface area contributed by atoms with Gasteiger partial charge in [-0.05, 0) is 37.7 Å². The molecule has 0 heterocycles. The van der Waals surface area contributed by atoms with Crippen LogP contribution >= 0.6 is 11.6 Å². The van der Waals surface area contributed by atoms with Gasteiger partial charge in [-0.1, -0.05) is 11.6 Å². The van der Waals surface area contributed by atoms with E-state index in [2.05, 4.69) is 5.32 Å². The third kappa shape index (κ3) is 4.73. The van der Waals surface area contributed by atoms with E-state index in [-0.39, 0.29) is 19.1 Å². The van der Waals surface area contributed by atoms with E-state index in [0.29, 0.717) is 11.6 Å². The lowest BCUT2D eigenvalue weighted by atomic mass is 10.2. The Kier molecular flexibility index (Phi) is 5.41. The molecule has 4 nitrogen and oxygen atoms in total. The molecule has 0 saturated carbocycles. The lowest BCUT2D eigenvalue weighted by Gasteiger charge is -2.15. The third-order valence-corrected chi connectivity index (χ3v) is 2.59. The highest BCUT2D eigenvalue weighted by Gasteiger charge is 2.07. The number of nitrogens with one attached hydrogen (secondary N) is 1. The molecule has 0 spiro atoms. The monoisotopic (exact) mass is 256 g/mol. The van der Waals surface area contributed by atoms with Crippen molar-refractivity contribution in [1.82, 2.24) is 4.90 Å². The van der Waals surface area contributed by atoms with Gasteiger partial charge in [-0.15, -0.1) is 0 Å². The zero-order valence-electron chi connectivity index (χ0n) is 10.0. The molecular weight excluding hydrogens is 240 g/mol. The number of benzene rings is 1. The molecule has 1 aromatic carbocycles. The summed E-state index contributed by atoms with van der Waals surface area (Å²) in [5.74, 6) is -0.105. The predicted molar refractivity (Wildman–Crippen MR) is 69.4 cm³/mol. The van der Waals surface area contributed by atoms with Crippen LogP contribution in [0.3, 0.4) is 0 Å². The van der Waals surface area contributed by atoms with Gasteiger partial charge in [0, 0.05) is 17.3 Å². The topological polar surface area (TPSA) is 52.6 Å². The molecule has 0 aliphatic heterocycles. The van der Waals surface area contributed by atoms with Gasteiger partial charge in [0.25, 0.3) is 0 Å². The van der Waals surface area contributed by atoms with Gasteiger partial charge >= 0.3 is 0 Å². The average Bonchev–Trinajstić information content (AvgIpc) is 2.22. The molecule has 0 radical (unpaired) electrons. The molecule has 0 aliphatic rings. The van der Waals surface area contributed by atoms with E-state index in [0.717, 1.165) is 11.3 Å². The molecule has 0 aromatic heterocycles. The van der Waals surface area contributed by atoms with E-state index in [9.17, 15) is 4.79 Å². The van der Waals surface area contributed by atoms with Crippen LogP contribution in [0.25, 0.3) is 0 Å². The van der Waals surface area contributed by atoms with Crippen LogP contribution in [0.2, 0.25) is 5.02 Å². The molecule has 2 N–H and O–H groups in total. The summed E-state index contributed by atoms with van der Waals surface area (Å²) in [6.45, 7) is 2.67. The minimum Gasteiger partial charge on any atom is -0.395 e. The summed E-state index contributed by atoms with van der Waals surface area (Å²) in [7, 11) is 1.78. The molecule has 1 amide bonds. The first kappa shape index (κ1) is 14.0. The fraction of sp³-hybridized carbons (Fsp3) is 0.417. The van der Waals surface area contributed by atoms with Gasteiger partial charge in [0.2, 0.25) is 5.91 Å². The number of carbonyl (C=O) groups excluding carboxylic acids is 1. The minimum atomic E-state index is -0.105. The summed E-state index contributed by atoms with van der Waals surface area (Å²) in [4.78, 5) is 13.4. The first-order valence-electron chi connectivity index (χ1n) is 5.38. The molecule has 0 aliphatic carbocycles. The Morgan fingerprint density at radius 1 is 1.53 bits per heavy atom. The number of halogens is 1. The molecule has 94 valence electrons. The van der Waals surface area contributed by atoms with Gasteiger partial charge in [-0.25, -0.2) is 0 Å². The fourth-order valence-electron chi connectivity index (χ4n) is 1.45. The Hall–Kier alpha value is -1.10. The summed E-state index contributed by atoms with van der Waals surface area (Å²) in [6, 6.07) is 5.32.